The van der Waals surface area contributed by atoms with Crippen molar-refractivity contribution < 1.29 is 13.9 Å². The average Bonchev–Trinajstić information content (AvgIpc) is 3.14. The number of aromatic nitrogens is 3. The number of halogens is 1. The summed E-state index contributed by atoms with van der Waals surface area (Å²) in [5.74, 6) is -0.501. The van der Waals surface area contributed by atoms with Crippen molar-refractivity contribution >= 4 is 33.4 Å². The molecule has 30 heavy (non-hydrogen) atoms. The maximum atomic E-state index is 13.6. The number of hydrogen-bond donors (Lipinski definition) is 1. The number of amides is 1. The van der Waals surface area contributed by atoms with Crippen molar-refractivity contribution in [3.05, 3.63) is 70.7 Å². The molecule has 2 aromatic heterocycles. The lowest BCUT2D eigenvalue weighted by molar-refractivity contribution is -0.116. The molecule has 0 saturated heterocycles. The van der Waals surface area contributed by atoms with Gasteiger partial charge in [-0.15, -0.1) is 0 Å². The molecule has 0 aliphatic heterocycles. The van der Waals surface area contributed by atoms with Crippen LogP contribution in [0.2, 0.25) is 0 Å². The first-order valence-electron chi connectivity index (χ1n) is 9.51. The number of aryl methyl sites for hydroxylation is 1. The van der Waals surface area contributed by atoms with E-state index < -0.39 is 11.4 Å². The van der Waals surface area contributed by atoms with Gasteiger partial charge in [-0.05, 0) is 43.3 Å². The lowest BCUT2D eigenvalue weighted by Crippen LogP contribution is -2.30. The van der Waals surface area contributed by atoms with Gasteiger partial charge in [0.25, 0.3) is 5.56 Å². The number of methoxy groups -OCH3 is 1. The van der Waals surface area contributed by atoms with Gasteiger partial charge in [0.05, 0.1) is 28.7 Å². The van der Waals surface area contributed by atoms with Crippen molar-refractivity contribution in [3.8, 4) is 0 Å². The second-order valence-corrected chi connectivity index (χ2v) is 7.00. The normalized spacial score (nSPS) is 11.3. The van der Waals surface area contributed by atoms with Crippen LogP contribution in [0.4, 0.5) is 10.1 Å². The highest BCUT2D eigenvalue weighted by Crippen LogP contribution is 2.24. The molecule has 0 aliphatic carbocycles. The molecule has 0 bridgehead atoms. The number of hydrogen-bond acceptors (Lipinski definition) is 4. The number of rotatable bonds is 6. The monoisotopic (exact) mass is 408 g/mol. The molecule has 0 unspecified atom stereocenters. The van der Waals surface area contributed by atoms with E-state index in [4.69, 9.17) is 4.74 Å². The molecular weight excluding hydrogens is 387 g/mol. The fourth-order valence-electron chi connectivity index (χ4n) is 3.54. The van der Waals surface area contributed by atoms with Crippen LogP contribution in [0.3, 0.4) is 0 Å². The van der Waals surface area contributed by atoms with Gasteiger partial charge < -0.3 is 14.6 Å². The Kier molecular flexibility index (Phi) is 5.33. The zero-order chi connectivity index (χ0) is 21.3. The molecule has 0 fully saturated rings. The highest BCUT2D eigenvalue weighted by atomic mass is 19.1. The lowest BCUT2D eigenvalue weighted by atomic mass is 10.2. The third-order valence-corrected chi connectivity index (χ3v) is 5.03. The van der Waals surface area contributed by atoms with E-state index >= 15 is 0 Å². The zero-order valence-electron chi connectivity index (χ0n) is 16.7. The van der Waals surface area contributed by atoms with Gasteiger partial charge >= 0.3 is 0 Å². The van der Waals surface area contributed by atoms with Gasteiger partial charge in [0, 0.05) is 25.2 Å². The Morgan fingerprint density at radius 3 is 2.83 bits per heavy atom. The molecule has 2 heterocycles. The molecule has 0 spiro atoms. The van der Waals surface area contributed by atoms with E-state index in [1.165, 1.54) is 16.7 Å². The summed E-state index contributed by atoms with van der Waals surface area (Å²) in [5.41, 5.74) is 1.58. The molecule has 8 heteroatoms. The minimum absolute atomic E-state index is 0.144. The van der Waals surface area contributed by atoms with Crippen LogP contribution in [0.1, 0.15) is 5.82 Å². The standard InChI is InChI=1S/C22H21FN4O3/c1-14-24-19-7-6-15(23)12-17(19)22(29)27(14)13-21(28)25-18-4-3-5-20-16(18)8-9-26(20)10-11-30-2/h3-9,12H,10-11,13H2,1-2H3,(H,25,28). The summed E-state index contributed by atoms with van der Waals surface area (Å²) >= 11 is 0. The van der Waals surface area contributed by atoms with E-state index in [1.54, 1.807) is 14.0 Å². The molecule has 4 rings (SSSR count). The molecule has 1 amide bonds. The summed E-state index contributed by atoms with van der Waals surface area (Å²) in [6.07, 6.45) is 1.94. The van der Waals surface area contributed by atoms with Crippen LogP contribution in [-0.2, 0) is 22.6 Å². The van der Waals surface area contributed by atoms with E-state index in [0.717, 1.165) is 17.0 Å². The van der Waals surface area contributed by atoms with E-state index in [0.29, 0.717) is 30.2 Å². The van der Waals surface area contributed by atoms with Crippen LogP contribution in [0, 0.1) is 12.7 Å². The summed E-state index contributed by atoms with van der Waals surface area (Å²) in [5, 5.41) is 3.91. The molecule has 7 nitrogen and oxygen atoms in total. The zero-order valence-corrected chi connectivity index (χ0v) is 16.7. The van der Waals surface area contributed by atoms with Gasteiger partial charge in [0.2, 0.25) is 5.91 Å². The van der Waals surface area contributed by atoms with Crippen molar-refractivity contribution in [3.63, 3.8) is 0 Å². The summed E-state index contributed by atoms with van der Waals surface area (Å²) < 4.78 is 22.0. The Balaban J connectivity index is 1.61. The number of fused-ring (bicyclic) bond motifs is 2. The first-order valence-corrected chi connectivity index (χ1v) is 9.51. The Hall–Kier alpha value is -3.52. The van der Waals surface area contributed by atoms with Crippen LogP contribution in [0.5, 0.6) is 0 Å². The van der Waals surface area contributed by atoms with Crippen LogP contribution in [0.25, 0.3) is 21.8 Å². The minimum Gasteiger partial charge on any atom is -0.383 e. The predicted molar refractivity (Wildman–Crippen MR) is 113 cm³/mol. The Bertz CT molecular complexity index is 1310. The number of carbonyl (C=O) groups excluding carboxylic acids is 1. The van der Waals surface area contributed by atoms with E-state index in [-0.39, 0.29) is 17.8 Å². The molecular formula is C22H21FN4O3. The van der Waals surface area contributed by atoms with Gasteiger partial charge in [-0.2, -0.15) is 0 Å². The van der Waals surface area contributed by atoms with E-state index in [9.17, 15) is 14.0 Å². The van der Waals surface area contributed by atoms with E-state index in [2.05, 4.69) is 10.3 Å². The molecule has 0 radical (unpaired) electrons. The van der Waals surface area contributed by atoms with Crippen LogP contribution in [-0.4, -0.2) is 33.7 Å². The average molecular weight is 408 g/mol. The second kappa shape index (κ2) is 8.08. The lowest BCUT2D eigenvalue weighted by Gasteiger charge is -2.12. The first-order chi connectivity index (χ1) is 14.5. The van der Waals surface area contributed by atoms with Crippen LogP contribution in [0.15, 0.2) is 53.5 Å². The largest absolute Gasteiger partial charge is 0.383 e. The molecule has 0 saturated carbocycles. The van der Waals surface area contributed by atoms with Crippen molar-refractivity contribution in [1.29, 1.82) is 0 Å². The highest BCUT2D eigenvalue weighted by molar-refractivity contribution is 6.01. The number of benzene rings is 2. The van der Waals surface area contributed by atoms with Crippen molar-refractivity contribution in [2.75, 3.05) is 19.0 Å². The van der Waals surface area contributed by atoms with E-state index in [1.807, 2.05) is 35.0 Å². The predicted octanol–water partition coefficient (Wildman–Crippen LogP) is 3.08. The molecule has 0 atom stereocenters. The maximum absolute atomic E-state index is 13.6. The molecule has 2 aromatic carbocycles. The maximum Gasteiger partial charge on any atom is 0.261 e. The Morgan fingerprint density at radius 1 is 1.20 bits per heavy atom. The Labute approximate surface area is 171 Å². The summed E-state index contributed by atoms with van der Waals surface area (Å²) in [7, 11) is 1.65. The summed E-state index contributed by atoms with van der Waals surface area (Å²) in [6, 6.07) is 11.4. The van der Waals surface area contributed by atoms with Gasteiger partial charge in [0.1, 0.15) is 18.2 Å². The SMILES string of the molecule is COCCn1ccc2c(NC(=O)Cn3c(C)nc4ccc(F)cc4c3=O)cccc21. The number of carbonyl (C=O) groups is 1. The first kappa shape index (κ1) is 19.8. The smallest absolute Gasteiger partial charge is 0.261 e. The number of nitrogens with zero attached hydrogens (tertiary/aromatic N) is 3. The molecule has 154 valence electrons. The van der Waals surface area contributed by atoms with Crippen molar-refractivity contribution in [2.45, 2.75) is 20.0 Å². The number of anilines is 1. The fourth-order valence-corrected chi connectivity index (χ4v) is 3.54. The highest BCUT2D eigenvalue weighted by Gasteiger charge is 2.14. The quantitative estimate of drug-likeness (QED) is 0.532. The number of ether oxygens (including phenoxy) is 1. The summed E-state index contributed by atoms with van der Waals surface area (Å²) in [6.45, 7) is 2.71. The number of nitrogens with one attached hydrogen (secondary N) is 1. The topological polar surface area (TPSA) is 78.2 Å². The molecule has 0 aliphatic rings. The summed E-state index contributed by atoms with van der Waals surface area (Å²) in [4.78, 5) is 29.8. The van der Waals surface area contributed by atoms with Crippen LogP contribution >= 0.6 is 0 Å². The van der Waals surface area contributed by atoms with Crippen LogP contribution < -0.4 is 10.9 Å². The molecule has 1 N–H and O–H groups in total. The second-order valence-electron chi connectivity index (χ2n) is 7.00. The van der Waals surface area contributed by atoms with Gasteiger partial charge in [-0.25, -0.2) is 9.37 Å². The third kappa shape index (κ3) is 3.69. The minimum atomic E-state index is -0.522. The van der Waals surface area contributed by atoms with Crippen molar-refractivity contribution in [2.24, 2.45) is 0 Å². The Morgan fingerprint density at radius 2 is 2.03 bits per heavy atom. The van der Waals surface area contributed by atoms with Crippen molar-refractivity contribution in [1.82, 2.24) is 14.1 Å². The van der Waals surface area contributed by atoms with Gasteiger partial charge in [0.15, 0.2) is 0 Å². The molecule has 4 aromatic rings. The van der Waals surface area contributed by atoms with Gasteiger partial charge in [-0.3, -0.25) is 14.2 Å². The van der Waals surface area contributed by atoms with Gasteiger partial charge in [-0.1, -0.05) is 6.07 Å². The third-order valence-electron chi connectivity index (χ3n) is 5.03. The fraction of sp³-hybridized carbons (Fsp3) is 0.227.